The maximum absolute atomic E-state index is 14.3. The first-order chi connectivity index (χ1) is 19.5. The molecule has 4 bridgehead atoms. The molecule has 7 rings (SSSR count). The molecule has 1 aromatic carbocycles. The summed E-state index contributed by atoms with van der Waals surface area (Å²) < 4.78 is 8.07. The Morgan fingerprint density at radius 1 is 0.850 bits per heavy atom. The van der Waals surface area contributed by atoms with E-state index in [9.17, 15) is 14.4 Å². The summed E-state index contributed by atoms with van der Waals surface area (Å²) in [5, 5.41) is 0. The molecule has 2 saturated carbocycles. The minimum absolute atomic E-state index is 0.0699. The lowest BCUT2D eigenvalue weighted by Crippen LogP contribution is -2.52. The minimum atomic E-state index is -0.550. The first kappa shape index (κ1) is 25.7. The minimum Gasteiger partial charge on any atom is -0.468 e. The highest BCUT2D eigenvalue weighted by Gasteiger charge is 2.47. The quantitative estimate of drug-likeness (QED) is 0.440. The summed E-state index contributed by atoms with van der Waals surface area (Å²) in [6.45, 7) is -0.272. The van der Waals surface area contributed by atoms with Gasteiger partial charge in [0.25, 0.3) is 11.1 Å². The molecule has 0 spiro atoms. The molecule has 6 atom stereocenters. The summed E-state index contributed by atoms with van der Waals surface area (Å²) in [4.78, 5) is 46.9. The molecular formula is C32H38N4O4. The molecule has 2 aromatic heterocycles. The van der Waals surface area contributed by atoms with Crippen LogP contribution < -0.4 is 11.1 Å². The van der Waals surface area contributed by atoms with Crippen LogP contribution in [0.1, 0.15) is 70.3 Å². The van der Waals surface area contributed by atoms with Gasteiger partial charge in [-0.1, -0.05) is 37.5 Å². The number of hydrogen-bond acceptors (Lipinski definition) is 6. The van der Waals surface area contributed by atoms with E-state index >= 15 is 0 Å². The second-order valence-corrected chi connectivity index (χ2v) is 12.5. The highest BCUT2D eigenvalue weighted by molar-refractivity contribution is 5.78. The molecule has 8 heteroatoms. The van der Waals surface area contributed by atoms with E-state index in [4.69, 9.17) is 9.72 Å². The molecular weight excluding hydrogens is 504 g/mol. The summed E-state index contributed by atoms with van der Waals surface area (Å²) in [5.41, 5.74) is 1.53. The van der Waals surface area contributed by atoms with Crippen LogP contribution in [0.15, 0.2) is 52.1 Å². The zero-order valence-electron chi connectivity index (χ0n) is 23.2. The average Bonchev–Trinajstić information content (AvgIpc) is 3.23. The third-order valence-electron chi connectivity index (χ3n) is 10.3. The van der Waals surface area contributed by atoms with E-state index in [-0.39, 0.29) is 29.4 Å². The largest absolute Gasteiger partial charge is 0.468 e. The fourth-order valence-corrected chi connectivity index (χ4v) is 8.70. The summed E-state index contributed by atoms with van der Waals surface area (Å²) >= 11 is 0. The first-order valence-corrected chi connectivity index (χ1v) is 15.1. The van der Waals surface area contributed by atoms with Gasteiger partial charge in [0, 0.05) is 30.2 Å². The number of para-hydroxylation sites is 2. The van der Waals surface area contributed by atoms with Gasteiger partial charge in [0.1, 0.15) is 6.54 Å². The van der Waals surface area contributed by atoms with Crippen molar-refractivity contribution in [3.05, 3.63) is 63.2 Å². The molecule has 0 amide bonds. The van der Waals surface area contributed by atoms with E-state index in [1.165, 1.54) is 69.1 Å². The van der Waals surface area contributed by atoms with Crippen LogP contribution in [-0.4, -0.2) is 50.2 Å². The number of rotatable bonds is 5. The summed E-state index contributed by atoms with van der Waals surface area (Å²) in [6.07, 6.45) is 12.7. The van der Waals surface area contributed by atoms with Crippen molar-refractivity contribution in [1.82, 2.24) is 19.0 Å². The van der Waals surface area contributed by atoms with Crippen LogP contribution in [0.2, 0.25) is 0 Å². The van der Waals surface area contributed by atoms with Crippen molar-refractivity contribution in [3.63, 3.8) is 0 Å². The van der Waals surface area contributed by atoms with E-state index in [1.807, 2.05) is 28.8 Å². The average molecular weight is 543 g/mol. The molecule has 2 unspecified atom stereocenters. The van der Waals surface area contributed by atoms with Crippen molar-refractivity contribution in [3.8, 4) is 11.4 Å². The van der Waals surface area contributed by atoms with Crippen molar-refractivity contribution in [2.75, 3.05) is 7.11 Å². The van der Waals surface area contributed by atoms with Crippen LogP contribution >= 0.6 is 0 Å². The lowest BCUT2D eigenvalue weighted by atomic mass is 9.69. The number of piperidine rings is 1. The predicted octanol–water partition coefficient (Wildman–Crippen LogP) is 4.53. The summed E-state index contributed by atoms with van der Waals surface area (Å²) in [6, 6.07) is 14.3. The van der Waals surface area contributed by atoms with Gasteiger partial charge in [0.05, 0.1) is 23.8 Å². The molecule has 4 fully saturated rings. The van der Waals surface area contributed by atoms with Crippen LogP contribution in [0.5, 0.6) is 0 Å². The number of carbonyl (C=O) groups is 1. The fraction of sp³-hybridized carbons (Fsp3) is 0.562. The normalized spacial score (nSPS) is 29.9. The SMILES string of the molecule is COC(=O)Cn1c(-c2nc3ccccc3n(C3C[C@H]4CC[C@@H](C3)N4C3C[C@H]4CCC[C@@H](C3)C4)c2=O)cccc1=O. The van der Waals surface area contributed by atoms with Gasteiger partial charge >= 0.3 is 5.97 Å². The molecule has 4 heterocycles. The number of fused-ring (bicyclic) bond motifs is 5. The third-order valence-corrected chi connectivity index (χ3v) is 10.3. The summed E-state index contributed by atoms with van der Waals surface area (Å²) in [5.74, 6) is 1.25. The van der Waals surface area contributed by atoms with Gasteiger partial charge in [0.15, 0.2) is 5.69 Å². The Balaban J connectivity index is 1.27. The van der Waals surface area contributed by atoms with E-state index in [1.54, 1.807) is 12.1 Å². The highest BCUT2D eigenvalue weighted by atomic mass is 16.5. The number of carbonyl (C=O) groups excluding carboxylic acids is 1. The zero-order chi connectivity index (χ0) is 27.4. The van der Waals surface area contributed by atoms with Gasteiger partial charge in [-0.3, -0.25) is 23.9 Å². The molecule has 2 aliphatic heterocycles. The van der Waals surface area contributed by atoms with Crippen LogP contribution in [0.3, 0.4) is 0 Å². The van der Waals surface area contributed by atoms with Gasteiger partial charge in [-0.2, -0.15) is 0 Å². The number of methoxy groups -OCH3 is 1. The Bertz CT molecular complexity index is 1530. The summed E-state index contributed by atoms with van der Waals surface area (Å²) in [7, 11) is 1.29. The number of hydrogen-bond donors (Lipinski definition) is 0. The molecule has 3 aromatic rings. The maximum Gasteiger partial charge on any atom is 0.325 e. The number of aromatic nitrogens is 3. The molecule has 0 radical (unpaired) electrons. The van der Waals surface area contributed by atoms with E-state index in [0.29, 0.717) is 29.3 Å². The molecule has 2 saturated heterocycles. The number of benzene rings is 1. The number of pyridine rings is 1. The maximum atomic E-state index is 14.3. The van der Waals surface area contributed by atoms with E-state index < -0.39 is 5.97 Å². The third kappa shape index (κ3) is 4.41. The van der Waals surface area contributed by atoms with Gasteiger partial charge in [-0.05, 0) is 75.0 Å². The van der Waals surface area contributed by atoms with Crippen molar-refractivity contribution < 1.29 is 9.53 Å². The smallest absolute Gasteiger partial charge is 0.325 e. The van der Waals surface area contributed by atoms with Crippen LogP contribution in [0.25, 0.3) is 22.4 Å². The van der Waals surface area contributed by atoms with Crippen molar-refractivity contribution >= 4 is 17.0 Å². The molecule has 40 heavy (non-hydrogen) atoms. The molecule has 8 nitrogen and oxygen atoms in total. The highest BCUT2D eigenvalue weighted by Crippen LogP contribution is 2.48. The van der Waals surface area contributed by atoms with Crippen molar-refractivity contribution in [2.24, 2.45) is 11.8 Å². The topological polar surface area (TPSA) is 86.4 Å². The molecule has 0 N–H and O–H groups in total. The van der Waals surface area contributed by atoms with Crippen LogP contribution in [-0.2, 0) is 16.1 Å². The lowest BCUT2D eigenvalue weighted by molar-refractivity contribution is -0.141. The zero-order valence-corrected chi connectivity index (χ0v) is 23.2. The number of ether oxygens (including phenoxy) is 1. The Labute approximate surface area is 234 Å². The first-order valence-electron chi connectivity index (χ1n) is 15.1. The fourth-order valence-electron chi connectivity index (χ4n) is 8.70. The van der Waals surface area contributed by atoms with E-state index in [0.717, 1.165) is 30.2 Å². The Morgan fingerprint density at radius 2 is 1.57 bits per heavy atom. The standard InChI is InChI=1S/C32H38N4O4/c1-40-30(38)19-34-28(10-5-11-29(34)37)31-32(39)36(27-9-3-2-8-26(27)33-31)25-17-22-12-13-23(18-25)35(22)24-15-20-6-4-7-21(14-20)16-24/h2-3,5,8-11,20-25H,4,6-7,12-19H2,1H3/t20-,21+,22-,23+,24?,25?. The van der Waals surface area contributed by atoms with Crippen molar-refractivity contribution in [1.29, 1.82) is 0 Å². The molecule has 2 aliphatic carbocycles. The van der Waals surface area contributed by atoms with Crippen LogP contribution in [0, 0.1) is 11.8 Å². The van der Waals surface area contributed by atoms with E-state index in [2.05, 4.69) is 4.90 Å². The Morgan fingerprint density at radius 3 is 2.30 bits per heavy atom. The molecule has 210 valence electrons. The molecule has 4 aliphatic rings. The second-order valence-electron chi connectivity index (χ2n) is 12.5. The predicted molar refractivity (Wildman–Crippen MR) is 153 cm³/mol. The Hall–Kier alpha value is -3.26. The van der Waals surface area contributed by atoms with Crippen molar-refractivity contribution in [2.45, 2.75) is 94.9 Å². The second kappa shape index (κ2) is 10.3. The number of nitrogens with zero attached hydrogens (tertiary/aromatic N) is 4. The van der Waals surface area contributed by atoms with Gasteiger partial charge < -0.3 is 9.30 Å². The van der Waals surface area contributed by atoms with Gasteiger partial charge in [-0.25, -0.2) is 4.98 Å². The Kier molecular flexibility index (Phi) is 6.61. The lowest BCUT2D eigenvalue weighted by Gasteiger charge is -2.49. The monoisotopic (exact) mass is 542 g/mol. The number of esters is 1. The van der Waals surface area contributed by atoms with Gasteiger partial charge in [0.2, 0.25) is 0 Å². The van der Waals surface area contributed by atoms with Gasteiger partial charge in [-0.15, -0.1) is 0 Å². The van der Waals surface area contributed by atoms with Crippen LogP contribution in [0.4, 0.5) is 0 Å².